The van der Waals surface area contributed by atoms with E-state index < -0.39 is 0 Å². The van der Waals surface area contributed by atoms with Gasteiger partial charge in [-0.15, -0.1) is 0 Å². The van der Waals surface area contributed by atoms with Crippen LogP contribution in [0.1, 0.15) is 38.7 Å². The largest absolute Gasteiger partial charge is 0.339 e. The van der Waals surface area contributed by atoms with E-state index in [2.05, 4.69) is 10.3 Å². The quantitative estimate of drug-likeness (QED) is 0.869. The maximum absolute atomic E-state index is 12.3. The fourth-order valence-corrected chi connectivity index (χ4v) is 2.82. The van der Waals surface area contributed by atoms with Gasteiger partial charge in [-0.05, 0) is 50.8 Å². The molecule has 0 saturated carbocycles. The van der Waals surface area contributed by atoms with E-state index in [9.17, 15) is 9.59 Å². The summed E-state index contributed by atoms with van der Waals surface area (Å²) in [6.07, 6.45) is 5.89. The highest BCUT2D eigenvalue weighted by Crippen LogP contribution is 2.20. The van der Waals surface area contributed by atoms with Crippen LogP contribution in [0.4, 0.5) is 5.82 Å². The Morgan fingerprint density at radius 1 is 1.39 bits per heavy atom. The monoisotopic (exact) mass is 315 g/mol. The van der Waals surface area contributed by atoms with Crippen molar-refractivity contribution in [2.45, 2.75) is 40.0 Å². The fraction of sp³-hybridized carbons (Fsp3) is 0.500. The molecule has 124 valence electrons. The van der Waals surface area contributed by atoms with Gasteiger partial charge in [0.15, 0.2) is 0 Å². The number of amides is 2. The molecule has 0 unspecified atom stereocenters. The number of carbonyl (C=O) groups is 2. The van der Waals surface area contributed by atoms with Crippen molar-refractivity contribution in [3.63, 3.8) is 0 Å². The lowest BCUT2D eigenvalue weighted by Crippen LogP contribution is -2.41. The summed E-state index contributed by atoms with van der Waals surface area (Å²) < 4.78 is 0. The Morgan fingerprint density at radius 3 is 2.70 bits per heavy atom. The molecule has 0 aromatic carbocycles. The average molecular weight is 315 g/mol. The van der Waals surface area contributed by atoms with Gasteiger partial charge < -0.3 is 10.2 Å². The Morgan fingerprint density at radius 2 is 2.09 bits per heavy atom. The number of nitrogens with zero attached hydrogens (tertiary/aromatic N) is 2. The van der Waals surface area contributed by atoms with Crippen molar-refractivity contribution in [3.05, 3.63) is 35.5 Å². The van der Waals surface area contributed by atoms with Crippen LogP contribution in [-0.2, 0) is 9.59 Å². The van der Waals surface area contributed by atoms with E-state index >= 15 is 0 Å². The number of anilines is 1. The van der Waals surface area contributed by atoms with Crippen molar-refractivity contribution in [2.24, 2.45) is 5.92 Å². The van der Waals surface area contributed by atoms with Crippen LogP contribution in [0, 0.1) is 12.8 Å². The SMILES string of the molecule is CCC=C(C)C(=O)N1CCC(C(=O)Nc2cc(C)ccn2)CC1. The second-order valence-corrected chi connectivity index (χ2v) is 6.07. The van der Waals surface area contributed by atoms with Crippen LogP contribution in [0.3, 0.4) is 0 Å². The summed E-state index contributed by atoms with van der Waals surface area (Å²) in [6, 6.07) is 3.75. The molecule has 0 aliphatic carbocycles. The van der Waals surface area contributed by atoms with Crippen molar-refractivity contribution >= 4 is 17.6 Å². The van der Waals surface area contributed by atoms with E-state index in [-0.39, 0.29) is 17.7 Å². The van der Waals surface area contributed by atoms with Crippen LogP contribution >= 0.6 is 0 Å². The highest BCUT2D eigenvalue weighted by atomic mass is 16.2. The fourth-order valence-electron chi connectivity index (χ4n) is 2.82. The molecule has 23 heavy (non-hydrogen) atoms. The maximum Gasteiger partial charge on any atom is 0.249 e. The number of piperidine rings is 1. The van der Waals surface area contributed by atoms with E-state index in [4.69, 9.17) is 0 Å². The first kappa shape index (κ1) is 17.2. The molecule has 0 atom stereocenters. The van der Waals surface area contributed by atoms with Gasteiger partial charge in [0.2, 0.25) is 11.8 Å². The minimum absolute atomic E-state index is 0.00368. The molecule has 1 aliphatic heterocycles. The predicted molar refractivity (Wildman–Crippen MR) is 91.0 cm³/mol. The van der Waals surface area contributed by atoms with Crippen LogP contribution in [0.15, 0.2) is 30.0 Å². The second kappa shape index (κ2) is 7.90. The van der Waals surface area contributed by atoms with Crippen molar-refractivity contribution in [1.29, 1.82) is 0 Å². The second-order valence-electron chi connectivity index (χ2n) is 6.07. The van der Waals surface area contributed by atoms with E-state index in [0.29, 0.717) is 31.7 Å². The molecule has 2 amide bonds. The summed E-state index contributed by atoms with van der Waals surface area (Å²) in [4.78, 5) is 30.6. The van der Waals surface area contributed by atoms with Crippen LogP contribution in [0.5, 0.6) is 0 Å². The molecule has 0 radical (unpaired) electrons. The first-order valence-electron chi connectivity index (χ1n) is 8.20. The molecule has 5 nitrogen and oxygen atoms in total. The maximum atomic E-state index is 12.3. The zero-order valence-electron chi connectivity index (χ0n) is 14.1. The molecule has 1 fully saturated rings. The van der Waals surface area contributed by atoms with Crippen LogP contribution in [0.2, 0.25) is 0 Å². The summed E-state index contributed by atoms with van der Waals surface area (Å²) in [5.41, 5.74) is 1.85. The molecule has 2 heterocycles. The lowest BCUT2D eigenvalue weighted by Gasteiger charge is -2.31. The molecule has 2 rings (SSSR count). The minimum Gasteiger partial charge on any atom is -0.339 e. The van der Waals surface area contributed by atoms with Crippen LogP contribution in [-0.4, -0.2) is 34.8 Å². The third-order valence-electron chi connectivity index (χ3n) is 4.17. The number of hydrogen-bond acceptors (Lipinski definition) is 3. The molecular weight excluding hydrogens is 290 g/mol. The van der Waals surface area contributed by atoms with Gasteiger partial charge >= 0.3 is 0 Å². The number of aromatic nitrogens is 1. The molecular formula is C18H25N3O2. The standard InChI is InChI=1S/C18H25N3O2/c1-4-5-14(3)18(23)21-10-7-15(8-11-21)17(22)20-16-12-13(2)6-9-19-16/h5-6,9,12,15H,4,7-8,10-11H2,1-3H3,(H,19,20,22). The van der Waals surface area contributed by atoms with E-state index in [1.807, 2.05) is 43.9 Å². The predicted octanol–water partition coefficient (Wildman–Crippen LogP) is 2.92. The van der Waals surface area contributed by atoms with Crippen molar-refractivity contribution in [2.75, 3.05) is 18.4 Å². The lowest BCUT2D eigenvalue weighted by molar-refractivity contribution is -0.131. The third-order valence-corrected chi connectivity index (χ3v) is 4.17. The van der Waals surface area contributed by atoms with Gasteiger partial charge in [-0.2, -0.15) is 0 Å². The van der Waals surface area contributed by atoms with E-state index in [1.165, 1.54) is 0 Å². The summed E-state index contributed by atoms with van der Waals surface area (Å²) in [5, 5.41) is 2.87. The minimum atomic E-state index is -0.0585. The van der Waals surface area contributed by atoms with Gasteiger partial charge in [0.1, 0.15) is 5.82 Å². The zero-order valence-corrected chi connectivity index (χ0v) is 14.1. The normalized spacial score (nSPS) is 16.3. The third kappa shape index (κ3) is 4.65. The Hall–Kier alpha value is -2.17. The van der Waals surface area contributed by atoms with Crippen molar-refractivity contribution in [3.8, 4) is 0 Å². The molecule has 1 aliphatic rings. The average Bonchev–Trinajstić information content (AvgIpc) is 2.54. The molecule has 1 aromatic rings. The van der Waals surface area contributed by atoms with Gasteiger partial charge in [0.25, 0.3) is 0 Å². The molecule has 0 bridgehead atoms. The Bertz CT molecular complexity index is 602. The van der Waals surface area contributed by atoms with Crippen LogP contribution in [0.25, 0.3) is 0 Å². The first-order valence-corrected chi connectivity index (χ1v) is 8.20. The van der Waals surface area contributed by atoms with E-state index in [0.717, 1.165) is 17.6 Å². The number of allylic oxidation sites excluding steroid dienone is 1. The summed E-state index contributed by atoms with van der Waals surface area (Å²) in [5.74, 6) is 0.620. The molecule has 0 spiro atoms. The van der Waals surface area contributed by atoms with Crippen molar-refractivity contribution in [1.82, 2.24) is 9.88 Å². The molecule has 1 aromatic heterocycles. The summed E-state index contributed by atoms with van der Waals surface area (Å²) in [6.45, 7) is 7.11. The number of pyridine rings is 1. The Balaban J connectivity index is 1.87. The van der Waals surface area contributed by atoms with Gasteiger partial charge in [-0.3, -0.25) is 9.59 Å². The van der Waals surface area contributed by atoms with Gasteiger partial charge in [-0.1, -0.05) is 13.0 Å². The van der Waals surface area contributed by atoms with Crippen molar-refractivity contribution < 1.29 is 9.59 Å². The number of nitrogens with one attached hydrogen (secondary N) is 1. The summed E-state index contributed by atoms with van der Waals surface area (Å²) in [7, 11) is 0. The van der Waals surface area contributed by atoms with Crippen LogP contribution < -0.4 is 5.32 Å². The zero-order chi connectivity index (χ0) is 16.8. The topological polar surface area (TPSA) is 62.3 Å². The van der Waals surface area contributed by atoms with Gasteiger partial charge in [-0.25, -0.2) is 4.98 Å². The molecule has 1 saturated heterocycles. The highest BCUT2D eigenvalue weighted by molar-refractivity contribution is 5.94. The summed E-state index contributed by atoms with van der Waals surface area (Å²) >= 11 is 0. The van der Waals surface area contributed by atoms with Gasteiger partial charge in [0, 0.05) is 30.8 Å². The van der Waals surface area contributed by atoms with E-state index in [1.54, 1.807) is 6.20 Å². The van der Waals surface area contributed by atoms with Gasteiger partial charge in [0.05, 0.1) is 0 Å². The number of carbonyl (C=O) groups excluding carboxylic acids is 2. The highest BCUT2D eigenvalue weighted by Gasteiger charge is 2.27. The number of rotatable bonds is 4. The molecule has 5 heteroatoms. The Labute approximate surface area is 137 Å². The lowest BCUT2D eigenvalue weighted by atomic mass is 9.95. The molecule has 1 N–H and O–H groups in total. The number of aryl methyl sites for hydroxylation is 1. The number of hydrogen-bond donors (Lipinski definition) is 1. The smallest absolute Gasteiger partial charge is 0.249 e. The Kier molecular flexibility index (Phi) is 5.90. The first-order chi connectivity index (χ1) is 11.0. The number of likely N-dealkylation sites (tertiary alicyclic amines) is 1.